The van der Waals surface area contributed by atoms with E-state index in [-0.39, 0.29) is 5.56 Å². The van der Waals surface area contributed by atoms with Gasteiger partial charge in [0.2, 0.25) is 0 Å². The first-order valence-electron chi connectivity index (χ1n) is 5.81. The molecule has 1 aromatic heterocycles. The number of hydrogen-bond donors (Lipinski definition) is 1. The summed E-state index contributed by atoms with van der Waals surface area (Å²) in [7, 11) is 0. The van der Waals surface area contributed by atoms with Crippen molar-refractivity contribution in [2.45, 2.75) is 18.8 Å². The van der Waals surface area contributed by atoms with Crippen LogP contribution in [0.15, 0.2) is 31.9 Å². The summed E-state index contributed by atoms with van der Waals surface area (Å²) in [6, 6.07) is 5.41. The molecular weight excluding hydrogens is 395 g/mol. The van der Waals surface area contributed by atoms with E-state index in [1.54, 1.807) is 12.1 Å². The zero-order valence-corrected chi connectivity index (χ0v) is 13.6. The van der Waals surface area contributed by atoms with Crippen LogP contribution in [0.5, 0.6) is 0 Å². The Bertz CT molecular complexity index is 710. The molecule has 0 radical (unpaired) electrons. The smallest absolute Gasteiger partial charge is 0.265 e. The average Bonchev–Trinajstić information content (AvgIpc) is 3.17. The fourth-order valence-corrected chi connectivity index (χ4v) is 3.29. The summed E-state index contributed by atoms with van der Waals surface area (Å²) < 4.78 is 1.36. The molecule has 1 aliphatic rings. The lowest BCUT2D eigenvalue weighted by atomic mass is 10.2. The van der Waals surface area contributed by atoms with E-state index in [0.717, 1.165) is 28.6 Å². The zero-order chi connectivity index (χ0) is 13.6. The summed E-state index contributed by atoms with van der Waals surface area (Å²) >= 11 is 12.7. The largest absolute Gasteiger partial charge is 0.306 e. The van der Waals surface area contributed by atoms with Crippen molar-refractivity contribution < 1.29 is 0 Å². The van der Waals surface area contributed by atoms with Gasteiger partial charge in [-0.1, -0.05) is 11.6 Å². The van der Waals surface area contributed by atoms with Crippen LogP contribution in [-0.2, 0) is 0 Å². The molecule has 1 aromatic carbocycles. The molecule has 1 heterocycles. The van der Waals surface area contributed by atoms with Crippen LogP contribution >= 0.6 is 43.5 Å². The molecule has 2 aromatic rings. The number of aromatic amines is 1. The van der Waals surface area contributed by atoms with Gasteiger partial charge in [0.15, 0.2) is 0 Å². The van der Waals surface area contributed by atoms with Crippen LogP contribution < -0.4 is 5.56 Å². The first-order chi connectivity index (χ1) is 9.06. The Kier molecular flexibility index (Phi) is 3.53. The highest BCUT2D eigenvalue weighted by Crippen LogP contribution is 2.42. The lowest BCUT2D eigenvalue weighted by Gasteiger charge is -2.08. The molecular formula is C13H9Br2ClN2O. The number of hydrogen-bond acceptors (Lipinski definition) is 2. The summed E-state index contributed by atoms with van der Waals surface area (Å²) in [6.45, 7) is 0. The molecule has 98 valence electrons. The Morgan fingerprint density at radius 1 is 1.32 bits per heavy atom. The Hall–Kier alpha value is -0.650. The third-order valence-electron chi connectivity index (χ3n) is 3.04. The molecule has 0 amide bonds. The quantitative estimate of drug-likeness (QED) is 0.802. The van der Waals surface area contributed by atoms with E-state index in [0.29, 0.717) is 21.2 Å². The topological polar surface area (TPSA) is 45.8 Å². The second-order valence-corrected chi connectivity index (χ2v) is 6.60. The number of nitrogens with zero attached hydrogens (tertiary/aromatic N) is 1. The van der Waals surface area contributed by atoms with Crippen molar-refractivity contribution in [2.75, 3.05) is 0 Å². The molecule has 1 aliphatic carbocycles. The average molecular weight is 404 g/mol. The van der Waals surface area contributed by atoms with Crippen molar-refractivity contribution in [2.24, 2.45) is 0 Å². The van der Waals surface area contributed by atoms with Gasteiger partial charge in [-0.25, -0.2) is 4.98 Å². The van der Waals surface area contributed by atoms with Gasteiger partial charge in [0.05, 0.1) is 5.69 Å². The molecule has 0 unspecified atom stereocenters. The summed E-state index contributed by atoms with van der Waals surface area (Å²) in [5, 5.41) is 0.637. The summed E-state index contributed by atoms with van der Waals surface area (Å²) in [4.78, 5) is 19.3. The lowest BCUT2D eigenvalue weighted by molar-refractivity contribution is 0.959. The van der Waals surface area contributed by atoms with Gasteiger partial charge in [0.25, 0.3) is 5.56 Å². The van der Waals surface area contributed by atoms with Crippen LogP contribution in [0.1, 0.15) is 24.5 Å². The first-order valence-corrected chi connectivity index (χ1v) is 7.78. The van der Waals surface area contributed by atoms with Gasteiger partial charge in [-0.15, -0.1) is 0 Å². The Balaban J connectivity index is 2.17. The standard InChI is InChI=1S/C13H9Br2ClN2O/c14-9-5-7(16)3-4-8(9)12-17-11(6-1-2-6)10(15)13(19)18-12/h3-6H,1-2H2,(H,17,18,19). The minimum Gasteiger partial charge on any atom is -0.306 e. The minimum absolute atomic E-state index is 0.145. The van der Waals surface area contributed by atoms with Gasteiger partial charge < -0.3 is 4.98 Å². The number of H-pyrrole nitrogens is 1. The molecule has 0 spiro atoms. The fourth-order valence-electron chi connectivity index (χ4n) is 1.91. The third kappa shape index (κ3) is 2.64. The van der Waals surface area contributed by atoms with Crippen molar-refractivity contribution >= 4 is 43.5 Å². The molecule has 19 heavy (non-hydrogen) atoms. The molecule has 0 bridgehead atoms. The first kappa shape index (κ1) is 13.3. The second-order valence-electron chi connectivity index (χ2n) is 4.51. The highest BCUT2D eigenvalue weighted by molar-refractivity contribution is 9.10. The monoisotopic (exact) mass is 402 g/mol. The maximum atomic E-state index is 12.0. The van der Waals surface area contributed by atoms with Gasteiger partial charge in [-0.05, 0) is 62.9 Å². The third-order valence-corrected chi connectivity index (χ3v) is 4.70. The Morgan fingerprint density at radius 2 is 2.05 bits per heavy atom. The minimum atomic E-state index is -0.145. The lowest BCUT2D eigenvalue weighted by Crippen LogP contribution is -2.13. The maximum absolute atomic E-state index is 12.0. The van der Waals surface area contributed by atoms with Gasteiger partial charge >= 0.3 is 0 Å². The molecule has 0 saturated heterocycles. The maximum Gasteiger partial charge on any atom is 0.265 e. The fraction of sp³-hybridized carbons (Fsp3) is 0.231. The van der Waals surface area contributed by atoms with Crippen LogP contribution in [0.4, 0.5) is 0 Å². The van der Waals surface area contributed by atoms with Gasteiger partial charge in [0, 0.05) is 21.0 Å². The number of halogens is 3. The van der Waals surface area contributed by atoms with E-state index in [4.69, 9.17) is 11.6 Å². The van der Waals surface area contributed by atoms with Crippen molar-refractivity contribution in [3.63, 3.8) is 0 Å². The number of aromatic nitrogens is 2. The molecule has 1 N–H and O–H groups in total. The van der Waals surface area contributed by atoms with Crippen molar-refractivity contribution in [3.8, 4) is 11.4 Å². The molecule has 3 nitrogen and oxygen atoms in total. The van der Waals surface area contributed by atoms with E-state index >= 15 is 0 Å². The van der Waals surface area contributed by atoms with E-state index in [2.05, 4.69) is 41.8 Å². The van der Waals surface area contributed by atoms with E-state index in [9.17, 15) is 4.79 Å². The van der Waals surface area contributed by atoms with Crippen LogP contribution in [0.25, 0.3) is 11.4 Å². The van der Waals surface area contributed by atoms with Gasteiger partial charge in [0.1, 0.15) is 10.3 Å². The number of benzene rings is 1. The normalized spacial score (nSPS) is 14.7. The molecule has 0 atom stereocenters. The predicted octanol–water partition coefficient (Wildman–Crippen LogP) is 4.49. The van der Waals surface area contributed by atoms with E-state index in [1.807, 2.05) is 6.07 Å². The summed E-state index contributed by atoms with van der Waals surface area (Å²) in [6.07, 6.45) is 2.19. The molecule has 6 heteroatoms. The molecule has 3 rings (SSSR count). The van der Waals surface area contributed by atoms with E-state index < -0.39 is 0 Å². The molecule has 1 saturated carbocycles. The summed E-state index contributed by atoms with van der Waals surface area (Å²) in [5.41, 5.74) is 1.53. The van der Waals surface area contributed by atoms with Crippen LogP contribution in [0.3, 0.4) is 0 Å². The predicted molar refractivity (Wildman–Crippen MR) is 82.7 cm³/mol. The van der Waals surface area contributed by atoms with Crippen molar-refractivity contribution in [1.29, 1.82) is 0 Å². The number of rotatable bonds is 2. The van der Waals surface area contributed by atoms with Crippen LogP contribution in [0, 0.1) is 0 Å². The van der Waals surface area contributed by atoms with E-state index in [1.165, 1.54) is 0 Å². The highest BCUT2D eigenvalue weighted by Gasteiger charge is 2.29. The van der Waals surface area contributed by atoms with Gasteiger partial charge in [-0.2, -0.15) is 0 Å². The molecule has 0 aliphatic heterocycles. The Labute approximate surface area is 131 Å². The zero-order valence-electron chi connectivity index (χ0n) is 9.71. The number of nitrogens with one attached hydrogen (secondary N) is 1. The van der Waals surface area contributed by atoms with Crippen LogP contribution in [-0.4, -0.2) is 9.97 Å². The summed E-state index contributed by atoms with van der Waals surface area (Å²) in [5.74, 6) is 0.972. The molecule has 1 fully saturated rings. The van der Waals surface area contributed by atoms with Gasteiger partial charge in [-0.3, -0.25) is 4.79 Å². The van der Waals surface area contributed by atoms with Crippen molar-refractivity contribution in [1.82, 2.24) is 9.97 Å². The second kappa shape index (κ2) is 5.04. The van der Waals surface area contributed by atoms with Crippen LogP contribution in [0.2, 0.25) is 5.02 Å². The SMILES string of the molecule is O=c1[nH]c(-c2ccc(Cl)cc2Br)nc(C2CC2)c1Br. The van der Waals surface area contributed by atoms with Crippen molar-refractivity contribution in [3.05, 3.63) is 48.2 Å². The highest BCUT2D eigenvalue weighted by atomic mass is 79.9. The Morgan fingerprint density at radius 3 is 2.68 bits per heavy atom.